The number of nitrogens with zero attached hydrogens (tertiary/aromatic N) is 1. The summed E-state index contributed by atoms with van der Waals surface area (Å²) in [6.07, 6.45) is -9.04. The molecule has 0 spiro atoms. The second-order valence-corrected chi connectivity index (χ2v) is 6.36. The number of methoxy groups -OCH3 is 1. The third kappa shape index (κ3) is 7.27. The van der Waals surface area contributed by atoms with Gasteiger partial charge < -0.3 is 14.8 Å². The molecular formula is C21H14F6N2O4. The summed E-state index contributed by atoms with van der Waals surface area (Å²) in [7, 11) is 1.44. The average Bonchev–Trinajstić information content (AvgIpc) is 2.74. The van der Waals surface area contributed by atoms with Crippen LogP contribution in [0.2, 0.25) is 0 Å². The molecule has 0 radical (unpaired) electrons. The van der Waals surface area contributed by atoms with Gasteiger partial charge in [0.15, 0.2) is 6.61 Å². The molecule has 33 heavy (non-hydrogen) atoms. The lowest BCUT2D eigenvalue weighted by Gasteiger charge is -2.14. The van der Waals surface area contributed by atoms with Gasteiger partial charge in [-0.05, 0) is 42.0 Å². The quantitative estimate of drug-likeness (QED) is 0.282. The molecule has 2 rings (SSSR count). The van der Waals surface area contributed by atoms with Crippen LogP contribution < -0.4 is 10.1 Å². The fraction of sp³-hybridized carbons (Fsp3) is 0.190. The van der Waals surface area contributed by atoms with E-state index >= 15 is 0 Å². The molecule has 0 aliphatic carbocycles. The van der Waals surface area contributed by atoms with Crippen LogP contribution in [0.4, 0.5) is 32.0 Å². The van der Waals surface area contributed by atoms with Crippen molar-refractivity contribution >= 4 is 23.6 Å². The number of hydrogen-bond acceptors (Lipinski definition) is 5. The van der Waals surface area contributed by atoms with Crippen molar-refractivity contribution in [1.82, 2.24) is 0 Å². The van der Waals surface area contributed by atoms with Crippen molar-refractivity contribution < 1.29 is 45.4 Å². The molecule has 0 saturated heterocycles. The normalized spacial score (nSPS) is 12.0. The largest absolute Gasteiger partial charge is 0.497 e. The molecule has 1 N–H and O–H groups in total. The SMILES string of the molecule is COc1ccc(C=C(C#N)C(=O)OCC(=O)Nc2cc(C(F)(F)F)cc(C(F)(F)F)c2)cc1. The van der Waals surface area contributed by atoms with Gasteiger partial charge in [0.2, 0.25) is 0 Å². The molecule has 0 fully saturated rings. The highest BCUT2D eigenvalue weighted by molar-refractivity contribution is 6.00. The first-order chi connectivity index (χ1) is 15.3. The van der Waals surface area contributed by atoms with E-state index in [0.717, 1.165) is 6.08 Å². The van der Waals surface area contributed by atoms with Crippen molar-refractivity contribution in [1.29, 1.82) is 5.26 Å². The highest BCUT2D eigenvalue weighted by atomic mass is 19.4. The summed E-state index contributed by atoms with van der Waals surface area (Å²) in [6, 6.07) is 8.26. The van der Waals surface area contributed by atoms with Gasteiger partial charge in [-0.2, -0.15) is 31.6 Å². The number of nitriles is 1. The first-order valence-corrected chi connectivity index (χ1v) is 8.86. The minimum atomic E-state index is -5.10. The number of amides is 1. The highest BCUT2D eigenvalue weighted by Gasteiger charge is 2.37. The molecule has 1 amide bonds. The summed E-state index contributed by atoms with van der Waals surface area (Å²) in [5.74, 6) is -1.91. The van der Waals surface area contributed by atoms with Gasteiger partial charge in [-0.3, -0.25) is 4.79 Å². The van der Waals surface area contributed by atoms with Crippen molar-refractivity contribution in [2.45, 2.75) is 12.4 Å². The van der Waals surface area contributed by atoms with Crippen LogP contribution in [0.5, 0.6) is 5.75 Å². The molecule has 0 aliphatic rings. The average molecular weight is 472 g/mol. The summed E-state index contributed by atoms with van der Waals surface area (Å²) in [4.78, 5) is 23.9. The highest BCUT2D eigenvalue weighted by Crippen LogP contribution is 2.37. The zero-order chi connectivity index (χ0) is 24.8. The summed E-state index contributed by atoms with van der Waals surface area (Å²) < 4.78 is 86.9. The van der Waals surface area contributed by atoms with Crippen LogP contribution in [0.1, 0.15) is 16.7 Å². The van der Waals surface area contributed by atoms with Gasteiger partial charge in [0, 0.05) is 5.69 Å². The lowest BCUT2D eigenvalue weighted by molar-refractivity contribution is -0.143. The van der Waals surface area contributed by atoms with Crippen molar-refractivity contribution in [2.75, 3.05) is 19.0 Å². The first kappa shape index (κ1) is 25.3. The van der Waals surface area contributed by atoms with E-state index in [9.17, 15) is 35.9 Å². The summed E-state index contributed by atoms with van der Waals surface area (Å²) in [5, 5.41) is 10.9. The number of halogens is 6. The zero-order valence-corrected chi connectivity index (χ0v) is 16.7. The predicted molar refractivity (Wildman–Crippen MR) is 103 cm³/mol. The molecule has 6 nitrogen and oxygen atoms in total. The molecule has 0 bridgehead atoms. The van der Waals surface area contributed by atoms with E-state index in [2.05, 4.69) is 4.74 Å². The van der Waals surface area contributed by atoms with Gasteiger partial charge >= 0.3 is 18.3 Å². The summed E-state index contributed by atoms with van der Waals surface area (Å²) >= 11 is 0. The smallest absolute Gasteiger partial charge is 0.416 e. The Balaban J connectivity index is 2.10. The number of hydrogen-bond donors (Lipinski definition) is 1. The number of nitrogens with one attached hydrogen (secondary N) is 1. The van der Waals surface area contributed by atoms with Crippen LogP contribution in [-0.4, -0.2) is 25.6 Å². The van der Waals surface area contributed by atoms with E-state index < -0.39 is 53.2 Å². The minimum Gasteiger partial charge on any atom is -0.497 e. The standard InChI is InChI=1S/C21H14F6N2O4/c1-32-17-4-2-12(3-5-17)6-13(10-28)19(31)33-11-18(30)29-16-8-14(20(22,23)24)7-15(9-16)21(25,26)27/h2-9H,11H2,1H3,(H,29,30). The number of anilines is 1. The molecule has 0 saturated carbocycles. The molecule has 174 valence electrons. The Kier molecular flexibility index (Phi) is 7.71. The third-order valence-corrected chi connectivity index (χ3v) is 3.97. The van der Waals surface area contributed by atoms with E-state index in [4.69, 9.17) is 10.00 Å². The second-order valence-electron chi connectivity index (χ2n) is 6.36. The Labute approximate surface area is 183 Å². The van der Waals surface area contributed by atoms with E-state index in [-0.39, 0.29) is 6.07 Å². The van der Waals surface area contributed by atoms with Gasteiger partial charge in [-0.25, -0.2) is 4.79 Å². The number of carbonyl (C=O) groups excluding carboxylic acids is 2. The first-order valence-electron chi connectivity index (χ1n) is 8.86. The second kappa shape index (κ2) is 10.1. The Morgan fingerprint density at radius 1 is 1.00 bits per heavy atom. The van der Waals surface area contributed by atoms with E-state index in [0.29, 0.717) is 23.4 Å². The number of rotatable bonds is 6. The fourth-order valence-corrected chi connectivity index (χ4v) is 2.44. The fourth-order valence-electron chi connectivity index (χ4n) is 2.44. The molecule has 0 aromatic heterocycles. The van der Waals surface area contributed by atoms with Crippen molar-refractivity contribution in [3.63, 3.8) is 0 Å². The molecule has 2 aromatic rings. The van der Waals surface area contributed by atoms with Gasteiger partial charge in [-0.1, -0.05) is 12.1 Å². The molecule has 0 unspecified atom stereocenters. The number of carbonyl (C=O) groups is 2. The monoisotopic (exact) mass is 472 g/mol. The predicted octanol–water partition coefficient (Wildman–Crippen LogP) is 4.82. The number of alkyl halides is 6. The van der Waals surface area contributed by atoms with Crippen LogP contribution in [-0.2, 0) is 26.7 Å². The molecular weight excluding hydrogens is 458 g/mol. The maximum Gasteiger partial charge on any atom is 0.416 e. The van der Waals surface area contributed by atoms with Crippen molar-refractivity contribution in [3.8, 4) is 11.8 Å². The maximum absolute atomic E-state index is 12.9. The Morgan fingerprint density at radius 3 is 2.00 bits per heavy atom. The van der Waals surface area contributed by atoms with Crippen LogP contribution >= 0.6 is 0 Å². The van der Waals surface area contributed by atoms with Crippen LogP contribution in [0.3, 0.4) is 0 Å². The number of benzene rings is 2. The molecule has 2 aromatic carbocycles. The number of esters is 1. The molecule has 0 atom stereocenters. The Bertz CT molecular complexity index is 1070. The molecule has 0 heterocycles. The van der Waals surface area contributed by atoms with Gasteiger partial charge in [-0.15, -0.1) is 0 Å². The summed E-state index contributed by atoms with van der Waals surface area (Å²) in [5.41, 5.74) is -4.12. The molecule has 12 heteroatoms. The van der Waals surface area contributed by atoms with Gasteiger partial charge in [0.25, 0.3) is 5.91 Å². The van der Waals surface area contributed by atoms with Crippen molar-refractivity contribution in [3.05, 3.63) is 64.7 Å². The van der Waals surface area contributed by atoms with Crippen LogP contribution in [0.15, 0.2) is 48.0 Å². The topological polar surface area (TPSA) is 88.4 Å². The van der Waals surface area contributed by atoms with E-state index in [1.54, 1.807) is 18.2 Å². The van der Waals surface area contributed by atoms with Gasteiger partial charge in [0.1, 0.15) is 17.4 Å². The maximum atomic E-state index is 12.9. The van der Waals surface area contributed by atoms with Crippen molar-refractivity contribution in [2.24, 2.45) is 0 Å². The van der Waals surface area contributed by atoms with E-state index in [1.165, 1.54) is 19.2 Å². The lowest BCUT2D eigenvalue weighted by atomic mass is 10.1. The number of ether oxygens (including phenoxy) is 2. The van der Waals surface area contributed by atoms with Gasteiger partial charge in [0.05, 0.1) is 18.2 Å². The minimum absolute atomic E-state index is 0.0984. The van der Waals surface area contributed by atoms with Crippen LogP contribution in [0.25, 0.3) is 6.08 Å². The Hall–Kier alpha value is -4.01. The Morgan fingerprint density at radius 2 is 1.55 bits per heavy atom. The third-order valence-electron chi connectivity index (χ3n) is 3.97. The summed E-state index contributed by atoms with van der Waals surface area (Å²) in [6.45, 7) is -1.06. The van der Waals surface area contributed by atoms with E-state index in [1.807, 2.05) is 5.32 Å². The lowest BCUT2D eigenvalue weighted by Crippen LogP contribution is -2.22. The molecule has 0 aliphatic heterocycles. The zero-order valence-electron chi connectivity index (χ0n) is 16.7. The van der Waals surface area contributed by atoms with Crippen LogP contribution in [0, 0.1) is 11.3 Å².